The van der Waals surface area contributed by atoms with E-state index in [0.29, 0.717) is 0 Å². The normalized spacial score (nSPS) is 20.1. The lowest BCUT2D eigenvalue weighted by molar-refractivity contribution is 0.886. The van der Waals surface area contributed by atoms with Crippen LogP contribution in [-0.4, -0.2) is 8.07 Å². The summed E-state index contributed by atoms with van der Waals surface area (Å²) < 4.78 is 0. The van der Waals surface area contributed by atoms with E-state index < -0.39 is 8.07 Å². The molecule has 1 fully saturated rings. The Kier molecular flexibility index (Phi) is 2.45. The average Bonchev–Trinajstić information content (AvgIpc) is 2.12. The lowest BCUT2D eigenvalue weighted by Gasteiger charge is -2.12. The third kappa shape index (κ3) is 2.78. The van der Waals surface area contributed by atoms with Gasteiger partial charge in [0.1, 0.15) is 0 Å². The molecule has 0 spiro atoms. The Morgan fingerprint density at radius 3 is 2.00 bits per heavy atom. The van der Waals surface area contributed by atoms with Crippen molar-refractivity contribution in [2.24, 2.45) is 0 Å². The summed E-state index contributed by atoms with van der Waals surface area (Å²) in [5, 5.41) is 0. The Labute approximate surface area is 66.0 Å². The van der Waals surface area contributed by atoms with Crippen molar-refractivity contribution in [2.75, 3.05) is 0 Å². The van der Waals surface area contributed by atoms with Crippen LogP contribution in [0.4, 0.5) is 0 Å². The van der Waals surface area contributed by atoms with Gasteiger partial charge in [-0.2, -0.15) is 0 Å². The largest absolute Gasteiger partial charge is 0.0982 e. The molecule has 0 heterocycles. The summed E-state index contributed by atoms with van der Waals surface area (Å²) in [6.45, 7) is 7.41. The first-order valence-electron chi connectivity index (χ1n) is 4.41. The number of hydrogen-bond acceptors (Lipinski definition) is 0. The molecule has 1 heteroatoms. The zero-order valence-corrected chi connectivity index (χ0v) is 8.54. The minimum absolute atomic E-state index is 0.759. The van der Waals surface area contributed by atoms with Gasteiger partial charge >= 0.3 is 0 Å². The molecule has 0 atom stereocenters. The molecule has 0 aromatic heterocycles. The first-order valence-corrected chi connectivity index (χ1v) is 8.12. The van der Waals surface area contributed by atoms with Crippen LogP contribution in [0.5, 0.6) is 0 Å². The van der Waals surface area contributed by atoms with Crippen LogP contribution in [-0.2, 0) is 0 Å². The monoisotopic (exact) mass is 155 g/mol. The van der Waals surface area contributed by atoms with Gasteiger partial charge in [0, 0.05) is 0 Å². The maximum atomic E-state index is 2.47. The molecule has 1 rings (SSSR count). The smallest absolute Gasteiger partial charge is 0.0657 e. The van der Waals surface area contributed by atoms with Crippen molar-refractivity contribution in [1.82, 2.24) is 0 Å². The second kappa shape index (κ2) is 2.99. The topological polar surface area (TPSA) is 0 Å². The second-order valence-electron chi connectivity index (χ2n) is 4.69. The molecule has 1 aliphatic carbocycles. The summed E-state index contributed by atoms with van der Waals surface area (Å²) in [6.07, 6.45) is 5.84. The molecule has 0 unspecified atom stereocenters. The fourth-order valence-electron chi connectivity index (χ4n) is 1.80. The predicted molar refractivity (Wildman–Crippen MR) is 49.9 cm³/mol. The van der Waals surface area contributed by atoms with Gasteiger partial charge in [0.25, 0.3) is 0 Å². The van der Waals surface area contributed by atoms with Gasteiger partial charge in [-0.3, -0.25) is 0 Å². The van der Waals surface area contributed by atoms with Crippen LogP contribution in [0.1, 0.15) is 25.7 Å². The average molecular weight is 155 g/mol. The van der Waals surface area contributed by atoms with Crippen LogP contribution in [0.25, 0.3) is 0 Å². The van der Waals surface area contributed by atoms with Crippen LogP contribution in [0, 0.1) is 5.92 Å². The maximum Gasteiger partial charge on any atom is 0.0982 e. The van der Waals surface area contributed by atoms with E-state index in [2.05, 4.69) is 19.6 Å². The van der Waals surface area contributed by atoms with Crippen LogP contribution >= 0.6 is 0 Å². The van der Waals surface area contributed by atoms with Crippen molar-refractivity contribution in [2.45, 2.75) is 51.4 Å². The van der Waals surface area contributed by atoms with E-state index in [4.69, 9.17) is 0 Å². The highest BCUT2D eigenvalue weighted by Gasteiger charge is 2.31. The van der Waals surface area contributed by atoms with Crippen LogP contribution in [0.3, 0.4) is 0 Å². The van der Waals surface area contributed by atoms with Crippen molar-refractivity contribution >= 4 is 8.07 Å². The Balaban J connectivity index is 2.24. The zero-order valence-electron chi connectivity index (χ0n) is 7.54. The van der Waals surface area contributed by atoms with E-state index in [1.165, 1.54) is 31.7 Å². The van der Waals surface area contributed by atoms with E-state index in [1.807, 2.05) is 5.92 Å². The standard InChI is InChI=1S/C9H19Si/c1-10(2,3)8-9-6-4-5-7-9/h4-8H2,1-3H3/q+1. The van der Waals surface area contributed by atoms with Crippen molar-refractivity contribution in [3.63, 3.8) is 0 Å². The fraction of sp³-hybridized carbons (Fsp3) is 0.889. The fourth-order valence-corrected chi connectivity index (χ4v) is 3.66. The van der Waals surface area contributed by atoms with Crippen molar-refractivity contribution in [1.29, 1.82) is 0 Å². The van der Waals surface area contributed by atoms with Crippen LogP contribution < -0.4 is 0 Å². The van der Waals surface area contributed by atoms with E-state index in [9.17, 15) is 0 Å². The van der Waals surface area contributed by atoms with Crippen molar-refractivity contribution < 1.29 is 0 Å². The number of rotatable bonds is 2. The molecule has 10 heavy (non-hydrogen) atoms. The highest BCUT2D eigenvalue weighted by molar-refractivity contribution is 6.76. The van der Waals surface area contributed by atoms with Crippen molar-refractivity contribution in [3.05, 3.63) is 5.92 Å². The van der Waals surface area contributed by atoms with Crippen LogP contribution in [0.15, 0.2) is 0 Å². The molecule has 0 saturated heterocycles. The lowest BCUT2D eigenvalue weighted by Crippen LogP contribution is -2.21. The molecule has 0 amide bonds. The molecule has 0 aromatic rings. The minimum atomic E-state index is -0.759. The Bertz CT molecular complexity index is 95.8. The van der Waals surface area contributed by atoms with Gasteiger partial charge in [-0.25, -0.2) is 0 Å². The van der Waals surface area contributed by atoms with E-state index in [-0.39, 0.29) is 0 Å². The third-order valence-corrected chi connectivity index (χ3v) is 3.65. The summed E-state index contributed by atoms with van der Waals surface area (Å²) in [4.78, 5) is 0. The summed E-state index contributed by atoms with van der Waals surface area (Å²) in [5.41, 5.74) is 0. The van der Waals surface area contributed by atoms with Gasteiger partial charge in [-0.1, -0.05) is 19.6 Å². The van der Waals surface area contributed by atoms with Gasteiger partial charge < -0.3 is 0 Å². The van der Waals surface area contributed by atoms with Gasteiger partial charge in [-0.15, -0.1) is 0 Å². The van der Waals surface area contributed by atoms with Crippen LogP contribution in [0.2, 0.25) is 25.7 Å². The van der Waals surface area contributed by atoms with Gasteiger partial charge in [0.05, 0.1) is 32.9 Å². The highest BCUT2D eigenvalue weighted by atomic mass is 28.3. The SMILES string of the molecule is C[Si](C)(C)C[C+]1CCCC1. The molecule has 0 bridgehead atoms. The second-order valence-corrected chi connectivity index (χ2v) is 10.2. The molecule has 0 aromatic carbocycles. The molecule has 0 N–H and O–H groups in total. The molecule has 0 nitrogen and oxygen atoms in total. The first kappa shape index (κ1) is 8.19. The summed E-state index contributed by atoms with van der Waals surface area (Å²) in [5.74, 6) is 1.87. The quantitative estimate of drug-likeness (QED) is 0.423. The molecule has 0 radical (unpaired) electrons. The van der Waals surface area contributed by atoms with Gasteiger partial charge in [-0.05, 0) is 12.8 Å². The molecule has 0 aliphatic heterocycles. The molecule has 58 valence electrons. The highest BCUT2D eigenvalue weighted by Crippen LogP contribution is 2.33. The molecule has 1 aliphatic rings. The van der Waals surface area contributed by atoms with Gasteiger partial charge in [0.15, 0.2) is 0 Å². The molecular weight excluding hydrogens is 136 g/mol. The lowest BCUT2D eigenvalue weighted by atomic mass is 10.1. The zero-order chi connectivity index (χ0) is 7.61. The van der Waals surface area contributed by atoms with Gasteiger partial charge in [0.2, 0.25) is 0 Å². The summed E-state index contributed by atoms with van der Waals surface area (Å²) in [6, 6.07) is 1.49. The van der Waals surface area contributed by atoms with E-state index in [0.717, 1.165) is 0 Å². The van der Waals surface area contributed by atoms with E-state index in [1.54, 1.807) is 0 Å². The third-order valence-electron chi connectivity index (χ3n) is 2.09. The number of hydrogen-bond donors (Lipinski definition) is 0. The van der Waals surface area contributed by atoms with E-state index >= 15 is 0 Å². The summed E-state index contributed by atoms with van der Waals surface area (Å²) in [7, 11) is -0.759. The Hall–Kier alpha value is 0.0869. The first-order chi connectivity index (χ1) is 4.58. The molecular formula is C9H19Si+. The summed E-state index contributed by atoms with van der Waals surface area (Å²) >= 11 is 0. The molecule has 1 saturated carbocycles. The maximum absolute atomic E-state index is 2.47. The predicted octanol–water partition coefficient (Wildman–Crippen LogP) is 3.47. The Morgan fingerprint density at radius 2 is 1.60 bits per heavy atom. The van der Waals surface area contributed by atoms with Crippen molar-refractivity contribution in [3.8, 4) is 0 Å². The Morgan fingerprint density at radius 1 is 1.10 bits per heavy atom. The minimum Gasteiger partial charge on any atom is -0.0657 e.